The van der Waals surface area contributed by atoms with Crippen molar-refractivity contribution in [3.63, 3.8) is 0 Å². The van der Waals surface area contributed by atoms with Crippen LogP contribution < -0.4 is 10.1 Å². The summed E-state index contributed by atoms with van der Waals surface area (Å²) in [6.45, 7) is -0.152. The number of rotatable bonds is 5. The maximum absolute atomic E-state index is 12.9. The summed E-state index contributed by atoms with van der Waals surface area (Å²) in [4.78, 5) is 37.9. The predicted octanol–water partition coefficient (Wildman–Crippen LogP) is 5.49. The normalized spacial score (nSPS) is 18.3. The maximum Gasteiger partial charge on any atom is 0.262 e. The quantitative estimate of drug-likeness (QED) is 0.616. The highest BCUT2D eigenvalue weighted by molar-refractivity contribution is 6.30. The van der Waals surface area contributed by atoms with Crippen LogP contribution >= 0.6 is 11.6 Å². The van der Waals surface area contributed by atoms with Gasteiger partial charge >= 0.3 is 0 Å². The van der Waals surface area contributed by atoms with Crippen molar-refractivity contribution in [2.24, 2.45) is 0 Å². The molecule has 0 bridgehead atoms. The monoisotopic (exact) mass is 477 g/mol. The third-order valence-electron chi connectivity index (χ3n) is 6.35. The van der Waals surface area contributed by atoms with Crippen molar-refractivity contribution in [1.29, 1.82) is 0 Å². The van der Waals surface area contributed by atoms with Gasteiger partial charge in [0.25, 0.3) is 5.91 Å². The maximum atomic E-state index is 12.9. The van der Waals surface area contributed by atoms with Crippen LogP contribution in [0.15, 0.2) is 71.2 Å². The van der Waals surface area contributed by atoms with Crippen molar-refractivity contribution >= 4 is 34.8 Å². The fourth-order valence-electron chi connectivity index (χ4n) is 4.79. The summed E-state index contributed by atoms with van der Waals surface area (Å²) in [5.74, 6) is 1.37. The second kappa shape index (κ2) is 9.47. The van der Waals surface area contributed by atoms with Crippen LogP contribution in [0.1, 0.15) is 50.0 Å². The SMILES string of the molecule is O=C(COc1ccc(C2C3=C(CCCC3=O)OC3=C2C(=O)CCC3)cc1)Nc1ccc(Cl)cc1. The molecular formula is C27H24ClNO5. The summed E-state index contributed by atoms with van der Waals surface area (Å²) >= 11 is 5.86. The van der Waals surface area contributed by atoms with Crippen LogP contribution in [0.3, 0.4) is 0 Å². The number of hydrogen-bond acceptors (Lipinski definition) is 5. The van der Waals surface area contributed by atoms with Crippen LogP contribution in [-0.2, 0) is 19.1 Å². The number of nitrogens with one attached hydrogen (secondary N) is 1. The van der Waals surface area contributed by atoms with Gasteiger partial charge in [-0.25, -0.2) is 0 Å². The van der Waals surface area contributed by atoms with Crippen molar-refractivity contribution in [3.05, 3.63) is 81.8 Å². The Labute approximate surface area is 202 Å². The van der Waals surface area contributed by atoms with Crippen LogP contribution in [0.4, 0.5) is 5.69 Å². The minimum absolute atomic E-state index is 0.0513. The summed E-state index contributed by atoms with van der Waals surface area (Å²) < 4.78 is 11.7. The Morgan fingerprint density at radius 3 is 2.06 bits per heavy atom. The Bertz CT molecular complexity index is 1170. The van der Waals surface area contributed by atoms with Crippen LogP contribution in [-0.4, -0.2) is 24.1 Å². The van der Waals surface area contributed by atoms with Gasteiger partial charge in [0.15, 0.2) is 18.2 Å². The molecule has 1 aliphatic heterocycles. The van der Waals surface area contributed by atoms with E-state index in [-0.39, 0.29) is 24.1 Å². The highest BCUT2D eigenvalue weighted by Crippen LogP contribution is 2.47. The number of amides is 1. The van der Waals surface area contributed by atoms with E-state index in [0.29, 0.717) is 64.8 Å². The Kier molecular flexibility index (Phi) is 6.24. The molecule has 5 rings (SSSR count). The summed E-state index contributed by atoms with van der Waals surface area (Å²) in [5, 5.41) is 3.34. The minimum Gasteiger partial charge on any atom is -0.484 e. The Hall–Kier alpha value is -3.38. The largest absolute Gasteiger partial charge is 0.484 e. The lowest BCUT2D eigenvalue weighted by Crippen LogP contribution is -2.30. The second-order valence-corrected chi connectivity index (χ2v) is 9.11. The number of carbonyl (C=O) groups is 3. The van der Waals surface area contributed by atoms with E-state index in [0.717, 1.165) is 18.4 Å². The van der Waals surface area contributed by atoms with Crippen molar-refractivity contribution in [1.82, 2.24) is 0 Å². The van der Waals surface area contributed by atoms with Crippen molar-refractivity contribution < 1.29 is 23.9 Å². The van der Waals surface area contributed by atoms with Gasteiger partial charge in [-0.2, -0.15) is 0 Å². The molecular weight excluding hydrogens is 454 g/mol. The molecule has 174 valence electrons. The first kappa shape index (κ1) is 22.4. The Morgan fingerprint density at radius 1 is 0.882 bits per heavy atom. The summed E-state index contributed by atoms with van der Waals surface area (Å²) in [5.41, 5.74) is 2.73. The average Bonchev–Trinajstić information content (AvgIpc) is 2.84. The number of ketones is 2. The van der Waals surface area contributed by atoms with Gasteiger partial charge in [-0.3, -0.25) is 14.4 Å². The summed E-state index contributed by atoms with van der Waals surface area (Å²) in [6.07, 6.45) is 3.91. The zero-order valence-electron chi connectivity index (χ0n) is 18.6. The number of allylic oxidation sites excluding steroid dienone is 4. The lowest BCUT2D eigenvalue weighted by molar-refractivity contribution is -0.119. The van der Waals surface area contributed by atoms with E-state index in [4.69, 9.17) is 21.1 Å². The molecule has 0 spiro atoms. The van der Waals surface area contributed by atoms with E-state index in [2.05, 4.69) is 5.32 Å². The summed E-state index contributed by atoms with van der Waals surface area (Å²) in [7, 11) is 0. The number of carbonyl (C=O) groups excluding carboxylic acids is 3. The van der Waals surface area contributed by atoms with Gasteiger partial charge in [-0.1, -0.05) is 23.7 Å². The van der Waals surface area contributed by atoms with Gasteiger partial charge in [-0.05, 0) is 54.8 Å². The molecule has 6 nitrogen and oxygen atoms in total. The Morgan fingerprint density at radius 2 is 1.47 bits per heavy atom. The zero-order chi connectivity index (χ0) is 23.7. The number of benzene rings is 2. The molecule has 0 saturated heterocycles. The highest BCUT2D eigenvalue weighted by atomic mass is 35.5. The molecule has 2 aromatic carbocycles. The topological polar surface area (TPSA) is 81.7 Å². The molecule has 7 heteroatoms. The molecule has 1 N–H and O–H groups in total. The van der Waals surface area contributed by atoms with E-state index in [1.54, 1.807) is 36.4 Å². The molecule has 0 aromatic heterocycles. The van der Waals surface area contributed by atoms with E-state index in [9.17, 15) is 14.4 Å². The number of halogens is 1. The van der Waals surface area contributed by atoms with Gasteiger partial charge in [0.2, 0.25) is 0 Å². The molecule has 1 heterocycles. The predicted molar refractivity (Wildman–Crippen MR) is 128 cm³/mol. The number of ether oxygens (including phenoxy) is 2. The van der Waals surface area contributed by atoms with Crippen molar-refractivity contribution in [3.8, 4) is 5.75 Å². The van der Waals surface area contributed by atoms with Crippen molar-refractivity contribution in [2.75, 3.05) is 11.9 Å². The molecule has 3 aliphatic rings. The highest BCUT2D eigenvalue weighted by Gasteiger charge is 2.41. The molecule has 0 fully saturated rings. The smallest absolute Gasteiger partial charge is 0.262 e. The molecule has 2 aromatic rings. The average molecular weight is 478 g/mol. The van der Waals surface area contributed by atoms with E-state index < -0.39 is 5.92 Å². The van der Waals surface area contributed by atoms with Gasteiger partial charge in [0.05, 0.1) is 0 Å². The fourth-order valence-corrected chi connectivity index (χ4v) is 4.91. The zero-order valence-corrected chi connectivity index (χ0v) is 19.3. The molecule has 0 saturated carbocycles. The first-order chi connectivity index (χ1) is 16.5. The standard InChI is InChI=1S/C27H24ClNO5/c28-17-9-11-18(12-10-17)29-24(32)15-33-19-13-7-16(8-14-19)25-26-20(30)3-1-5-22(26)34-23-6-2-4-21(31)27(23)25/h7-14,25H,1-6,15H2,(H,29,32). The first-order valence-electron chi connectivity index (χ1n) is 11.5. The van der Waals surface area contributed by atoms with Crippen LogP contribution in [0.25, 0.3) is 0 Å². The lowest BCUT2D eigenvalue weighted by atomic mass is 9.73. The third-order valence-corrected chi connectivity index (χ3v) is 6.60. The van der Waals surface area contributed by atoms with Gasteiger partial charge in [0, 0.05) is 53.5 Å². The Balaban J connectivity index is 1.33. The molecule has 0 unspecified atom stereocenters. The van der Waals surface area contributed by atoms with E-state index in [1.807, 2.05) is 12.1 Å². The molecule has 0 atom stereocenters. The van der Waals surface area contributed by atoms with Gasteiger partial charge in [-0.15, -0.1) is 0 Å². The van der Waals surface area contributed by atoms with Crippen LogP contribution in [0, 0.1) is 0 Å². The molecule has 34 heavy (non-hydrogen) atoms. The van der Waals surface area contributed by atoms with E-state index in [1.165, 1.54) is 0 Å². The van der Waals surface area contributed by atoms with Gasteiger partial charge < -0.3 is 14.8 Å². The molecule has 2 aliphatic carbocycles. The van der Waals surface area contributed by atoms with Gasteiger partial charge in [0.1, 0.15) is 17.3 Å². The van der Waals surface area contributed by atoms with E-state index >= 15 is 0 Å². The molecule has 0 radical (unpaired) electrons. The third kappa shape index (κ3) is 4.50. The summed E-state index contributed by atoms with van der Waals surface area (Å²) in [6, 6.07) is 14.1. The fraction of sp³-hybridized carbons (Fsp3) is 0.296. The van der Waals surface area contributed by atoms with Crippen LogP contribution in [0.2, 0.25) is 5.02 Å². The van der Waals surface area contributed by atoms with Crippen LogP contribution in [0.5, 0.6) is 5.75 Å². The molecule has 1 amide bonds. The second-order valence-electron chi connectivity index (χ2n) is 8.68. The first-order valence-corrected chi connectivity index (χ1v) is 11.9. The van der Waals surface area contributed by atoms with Crippen molar-refractivity contribution in [2.45, 2.75) is 44.4 Å². The minimum atomic E-state index is -0.401. The number of anilines is 1. The number of Topliss-reactive ketones (excluding diaryl/α,β-unsaturated/α-hetero) is 2. The number of hydrogen-bond donors (Lipinski definition) is 1. The lowest BCUT2D eigenvalue weighted by Gasteiger charge is -2.36.